The van der Waals surface area contributed by atoms with E-state index in [1.54, 1.807) is 0 Å². The zero-order chi connectivity index (χ0) is 13.2. The fourth-order valence-corrected chi connectivity index (χ4v) is 3.14. The molecule has 2 aromatic rings. The highest BCUT2D eigenvalue weighted by Crippen LogP contribution is 2.34. The molecular formula is C16H21N3. The normalized spacial score (nSPS) is 22.2. The van der Waals surface area contributed by atoms with Crippen LogP contribution in [0.3, 0.4) is 0 Å². The average Bonchev–Trinajstić information content (AvgIpc) is 2.84. The van der Waals surface area contributed by atoms with E-state index in [1.807, 2.05) is 12.4 Å². The highest BCUT2D eigenvalue weighted by molar-refractivity contribution is 5.32. The van der Waals surface area contributed by atoms with Gasteiger partial charge >= 0.3 is 0 Å². The van der Waals surface area contributed by atoms with Crippen LogP contribution in [-0.4, -0.2) is 9.55 Å². The van der Waals surface area contributed by atoms with Crippen LogP contribution < -0.4 is 5.73 Å². The van der Waals surface area contributed by atoms with Crippen LogP contribution >= 0.6 is 0 Å². The lowest BCUT2D eigenvalue weighted by molar-refractivity contribution is 0.352. The number of benzene rings is 1. The zero-order valence-electron chi connectivity index (χ0n) is 11.4. The van der Waals surface area contributed by atoms with Gasteiger partial charge in [0.05, 0.1) is 0 Å². The van der Waals surface area contributed by atoms with Crippen molar-refractivity contribution in [1.82, 2.24) is 9.55 Å². The zero-order valence-corrected chi connectivity index (χ0v) is 11.4. The molecule has 1 heterocycles. The first-order chi connectivity index (χ1) is 9.25. The van der Waals surface area contributed by atoms with Crippen LogP contribution in [0.5, 0.6) is 0 Å². The van der Waals surface area contributed by atoms with E-state index in [1.165, 1.54) is 17.5 Å². The van der Waals surface area contributed by atoms with E-state index in [-0.39, 0.29) is 6.04 Å². The van der Waals surface area contributed by atoms with Gasteiger partial charge in [0, 0.05) is 31.9 Å². The van der Waals surface area contributed by atoms with Crippen LogP contribution in [0.25, 0.3) is 0 Å². The van der Waals surface area contributed by atoms with E-state index in [9.17, 15) is 0 Å². The Kier molecular flexibility index (Phi) is 3.38. The number of fused-ring (bicyclic) bond motifs is 1. The summed E-state index contributed by atoms with van der Waals surface area (Å²) in [6.07, 6.45) is 8.37. The second kappa shape index (κ2) is 5.17. The van der Waals surface area contributed by atoms with Gasteiger partial charge in [-0.15, -0.1) is 0 Å². The molecule has 0 saturated heterocycles. The van der Waals surface area contributed by atoms with Gasteiger partial charge in [-0.05, 0) is 36.3 Å². The first kappa shape index (κ1) is 12.4. The van der Waals surface area contributed by atoms with E-state index in [4.69, 9.17) is 5.73 Å². The summed E-state index contributed by atoms with van der Waals surface area (Å²) >= 11 is 0. The molecule has 2 unspecified atom stereocenters. The third kappa shape index (κ3) is 2.43. The fraction of sp³-hybridized carbons (Fsp3) is 0.438. The summed E-state index contributed by atoms with van der Waals surface area (Å²) in [5.41, 5.74) is 9.22. The highest BCUT2D eigenvalue weighted by atomic mass is 15.0. The summed E-state index contributed by atoms with van der Waals surface area (Å²) in [5.74, 6) is 1.73. The number of nitrogens with zero attached hydrogens (tertiary/aromatic N) is 2. The Morgan fingerprint density at radius 1 is 1.37 bits per heavy atom. The van der Waals surface area contributed by atoms with Crippen LogP contribution in [0.2, 0.25) is 0 Å². The number of aryl methyl sites for hydroxylation is 3. The van der Waals surface area contributed by atoms with Gasteiger partial charge in [-0.1, -0.05) is 24.3 Å². The molecule has 3 heteroatoms. The Hall–Kier alpha value is -1.61. The van der Waals surface area contributed by atoms with Crippen molar-refractivity contribution in [3.63, 3.8) is 0 Å². The molecule has 1 aliphatic rings. The molecule has 1 aromatic carbocycles. The van der Waals surface area contributed by atoms with Gasteiger partial charge in [0.1, 0.15) is 5.82 Å². The summed E-state index contributed by atoms with van der Waals surface area (Å²) in [7, 11) is 2.05. The Balaban J connectivity index is 1.69. The lowest BCUT2D eigenvalue weighted by atomic mass is 9.78. The molecule has 2 N–H and O–H groups in total. The first-order valence-corrected chi connectivity index (χ1v) is 7.05. The van der Waals surface area contributed by atoms with E-state index >= 15 is 0 Å². The van der Waals surface area contributed by atoms with Crippen molar-refractivity contribution < 1.29 is 0 Å². The van der Waals surface area contributed by atoms with E-state index in [2.05, 4.69) is 40.9 Å². The second-order valence-corrected chi connectivity index (χ2v) is 5.52. The number of rotatable bonds is 3. The van der Waals surface area contributed by atoms with Crippen molar-refractivity contribution in [3.8, 4) is 0 Å². The largest absolute Gasteiger partial charge is 0.338 e. The standard InChI is InChI=1S/C16H21N3/c1-19-11-10-18-15(19)9-8-13-7-6-12-4-2-3-5-14(12)16(13)17/h2-5,10-11,13,16H,6-9,17H2,1H3. The topological polar surface area (TPSA) is 43.8 Å². The summed E-state index contributed by atoms with van der Waals surface area (Å²) in [6.45, 7) is 0. The molecular weight excluding hydrogens is 234 g/mol. The van der Waals surface area contributed by atoms with Crippen LogP contribution in [0.1, 0.15) is 35.8 Å². The van der Waals surface area contributed by atoms with Crippen molar-refractivity contribution in [2.24, 2.45) is 18.7 Å². The van der Waals surface area contributed by atoms with Gasteiger partial charge in [-0.3, -0.25) is 0 Å². The number of hydrogen-bond donors (Lipinski definition) is 1. The molecule has 0 amide bonds. The van der Waals surface area contributed by atoms with E-state index in [0.717, 1.165) is 25.1 Å². The number of aromatic nitrogens is 2. The Morgan fingerprint density at radius 3 is 3.00 bits per heavy atom. The monoisotopic (exact) mass is 255 g/mol. The lowest BCUT2D eigenvalue weighted by Crippen LogP contribution is -2.27. The van der Waals surface area contributed by atoms with E-state index < -0.39 is 0 Å². The molecule has 2 atom stereocenters. The van der Waals surface area contributed by atoms with Gasteiger partial charge in [0.2, 0.25) is 0 Å². The summed E-state index contributed by atoms with van der Waals surface area (Å²) in [6, 6.07) is 8.79. The van der Waals surface area contributed by atoms with Gasteiger partial charge < -0.3 is 10.3 Å². The summed E-state index contributed by atoms with van der Waals surface area (Å²) < 4.78 is 2.10. The first-order valence-electron chi connectivity index (χ1n) is 7.05. The maximum atomic E-state index is 6.44. The minimum atomic E-state index is 0.185. The Bertz CT molecular complexity index is 559. The third-order valence-corrected chi connectivity index (χ3v) is 4.37. The molecule has 0 aliphatic heterocycles. The maximum Gasteiger partial charge on any atom is 0.108 e. The van der Waals surface area contributed by atoms with Crippen molar-refractivity contribution in [2.75, 3.05) is 0 Å². The van der Waals surface area contributed by atoms with Crippen molar-refractivity contribution in [1.29, 1.82) is 0 Å². The number of imidazole rings is 1. The summed E-state index contributed by atoms with van der Waals surface area (Å²) in [4.78, 5) is 4.39. The molecule has 1 aromatic heterocycles. The predicted molar refractivity (Wildman–Crippen MR) is 76.7 cm³/mol. The van der Waals surface area contributed by atoms with Crippen molar-refractivity contribution >= 4 is 0 Å². The molecule has 0 spiro atoms. The maximum absolute atomic E-state index is 6.44. The Labute approximate surface area is 114 Å². The Morgan fingerprint density at radius 2 is 2.21 bits per heavy atom. The average molecular weight is 255 g/mol. The van der Waals surface area contributed by atoms with Crippen molar-refractivity contribution in [3.05, 3.63) is 53.6 Å². The lowest BCUT2D eigenvalue weighted by Gasteiger charge is -2.31. The quantitative estimate of drug-likeness (QED) is 0.916. The molecule has 1 aliphatic carbocycles. The second-order valence-electron chi connectivity index (χ2n) is 5.52. The number of nitrogens with two attached hydrogens (primary N) is 1. The van der Waals surface area contributed by atoms with Gasteiger partial charge in [-0.2, -0.15) is 0 Å². The molecule has 100 valence electrons. The van der Waals surface area contributed by atoms with Gasteiger partial charge in [0.15, 0.2) is 0 Å². The molecule has 0 saturated carbocycles. The number of hydrogen-bond acceptors (Lipinski definition) is 2. The SMILES string of the molecule is Cn1ccnc1CCC1CCc2ccccc2C1N. The van der Waals surface area contributed by atoms with E-state index in [0.29, 0.717) is 5.92 Å². The van der Waals surface area contributed by atoms with Crippen LogP contribution in [0, 0.1) is 5.92 Å². The third-order valence-electron chi connectivity index (χ3n) is 4.37. The highest BCUT2D eigenvalue weighted by Gasteiger charge is 2.26. The van der Waals surface area contributed by atoms with Crippen LogP contribution in [0.4, 0.5) is 0 Å². The molecule has 3 rings (SSSR count). The molecule has 0 radical (unpaired) electrons. The molecule has 0 fully saturated rings. The van der Waals surface area contributed by atoms with Crippen LogP contribution in [0.15, 0.2) is 36.7 Å². The van der Waals surface area contributed by atoms with Crippen molar-refractivity contribution in [2.45, 2.75) is 31.7 Å². The predicted octanol–water partition coefficient (Wildman–Crippen LogP) is 2.62. The van der Waals surface area contributed by atoms with Gasteiger partial charge in [-0.25, -0.2) is 4.98 Å². The summed E-state index contributed by atoms with van der Waals surface area (Å²) in [5, 5.41) is 0. The fourth-order valence-electron chi connectivity index (χ4n) is 3.14. The molecule has 0 bridgehead atoms. The minimum Gasteiger partial charge on any atom is -0.338 e. The molecule has 3 nitrogen and oxygen atoms in total. The van der Waals surface area contributed by atoms with Crippen LogP contribution in [-0.2, 0) is 19.9 Å². The van der Waals surface area contributed by atoms with Gasteiger partial charge in [0.25, 0.3) is 0 Å². The minimum absolute atomic E-state index is 0.185. The molecule has 19 heavy (non-hydrogen) atoms. The smallest absolute Gasteiger partial charge is 0.108 e.